The minimum absolute atomic E-state index is 0.0436. The smallest absolute Gasteiger partial charge is 0.407 e. The van der Waals surface area contributed by atoms with E-state index in [1.165, 1.54) is 0 Å². The minimum Gasteiger partial charge on any atom is -0.481 e. The number of carboxylic acid groups (broad SMARTS) is 1. The molecule has 7 nitrogen and oxygen atoms in total. The molecule has 0 spiro atoms. The third kappa shape index (κ3) is 5.55. The van der Waals surface area contributed by atoms with E-state index in [-0.39, 0.29) is 36.8 Å². The monoisotopic (exact) mass is 482 g/mol. The van der Waals surface area contributed by atoms with Gasteiger partial charge in [-0.2, -0.15) is 11.8 Å². The van der Waals surface area contributed by atoms with Gasteiger partial charge in [0.1, 0.15) is 12.6 Å². The molecule has 1 fully saturated rings. The summed E-state index contributed by atoms with van der Waals surface area (Å²) in [5, 5.41) is 14.6. The topological polar surface area (TPSA) is 105 Å². The zero-order chi connectivity index (χ0) is 24.1. The Labute approximate surface area is 203 Å². The lowest BCUT2D eigenvalue weighted by Gasteiger charge is -2.35. The standard InChI is InChI=1S/C26H30N2O5S/c1-34-11-10-23(25(31)27-17-12-16(13-17)14-24(29)30)28-26(32)33-15-22-20-8-4-2-6-18(20)19-7-3-5-9-21(19)22/h2-9,16-17,22-23H,10-15H2,1H3,(H,27,31)(H,28,32)(H,29,30)/t16?,17?,23-/m0/s1. The maximum absolute atomic E-state index is 12.8. The van der Waals surface area contributed by atoms with E-state index in [4.69, 9.17) is 9.84 Å². The molecule has 2 aromatic carbocycles. The van der Waals surface area contributed by atoms with Crippen LogP contribution in [0.2, 0.25) is 0 Å². The van der Waals surface area contributed by atoms with Crippen molar-refractivity contribution in [2.45, 2.75) is 43.7 Å². The van der Waals surface area contributed by atoms with Gasteiger partial charge >= 0.3 is 12.1 Å². The van der Waals surface area contributed by atoms with Crippen LogP contribution in [0.15, 0.2) is 48.5 Å². The Kier molecular flexibility index (Phi) is 7.77. The molecule has 4 rings (SSSR count). The van der Waals surface area contributed by atoms with Gasteiger partial charge in [-0.25, -0.2) is 4.79 Å². The number of rotatable bonds is 10. The van der Waals surface area contributed by atoms with Crippen LogP contribution in [0.5, 0.6) is 0 Å². The number of aliphatic carboxylic acids is 1. The zero-order valence-electron chi connectivity index (χ0n) is 19.2. The maximum Gasteiger partial charge on any atom is 0.407 e. The first kappa shape index (κ1) is 24.1. The highest BCUT2D eigenvalue weighted by Crippen LogP contribution is 2.44. The lowest BCUT2D eigenvalue weighted by atomic mass is 9.78. The summed E-state index contributed by atoms with van der Waals surface area (Å²) < 4.78 is 5.60. The number of benzene rings is 2. The summed E-state index contributed by atoms with van der Waals surface area (Å²) in [6.07, 6.45) is 3.25. The van der Waals surface area contributed by atoms with Crippen molar-refractivity contribution in [3.8, 4) is 11.1 Å². The van der Waals surface area contributed by atoms with Crippen LogP contribution in [-0.4, -0.2) is 53.8 Å². The van der Waals surface area contributed by atoms with Gasteiger partial charge < -0.3 is 20.5 Å². The van der Waals surface area contributed by atoms with Crippen LogP contribution >= 0.6 is 11.8 Å². The van der Waals surface area contributed by atoms with Crippen LogP contribution in [0.25, 0.3) is 11.1 Å². The molecule has 0 radical (unpaired) electrons. The van der Waals surface area contributed by atoms with Crippen LogP contribution in [0, 0.1) is 5.92 Å². The summed E-state index contributed by atoms with van der Waals surface area (Å²) in [7, 11) is 0. The van der Waals surface area contributed by atoms with E-state index in [0.717, 1.165) is 22.3 Å². The summed E-state index contributed by atoms with van der Waals surface area (Å²) in [5.74, 6) is -0.292. The van der Waals surface area contributed by atoms with Crippen molar-refractivity contribution in [1.29, 1.82) is 0 Å². The second kappa shape index (κ2) is 11.0. The summed E-state index contributed by atoms with van der Waals surface area (Å²) in [6.45, 7) is 0.191. The highest BCUT2D eigenvalue weighted by Gasteiger charge is 2.34. The van der Waals surface area contributed by atoms with E-state index < -0.39 is 18.1 Å². The molecule has 0 aliphatic heterocycles. The van der Waals surface area contributed by atoms with Gasteiger partial charge in [0.15, 0.2) is 0 Å². The van der Waals surface area contributed by atoms with Crippen LogP contribution in [-0.2, 0) is 14.3 Å². The van der Waals surface area contributed by atoms with Crippen LogP contribution in [0.1, 0.15) is 42.7 Å². The average molecular weight is 483 g/mol. The highest BCUT2D eigenvalue weighted by atomic mass is 32.2. The number of carbonyl (C=O) groups excluding carboxylic acids is 2. The molecule has 2 aliphatic rings. The third-order valence-electron chi connectivity index (χ3n) is 6.61. The summed E-state index contributed by atoms with van der Waals surface area (Å²) in [4.78, 5) is 36.3. The third-order valence-corrected chi connectivity index (χ3v) is 7.25. The maximum atomic E-state index is 12.8. The number of amides is 2. The first-order valence-corrected chi connectivity index (χ1v) is 13.0. The Hall–Kier alpha value is -3.00. The largest absolute Gasteiger partial charge is 0.481 e. The van der Waals surface area contributed by atoms with E-state index >= 15 is 0 Å². The summed E-state index contributed by atoms with van der Waals surface area (Å²) in [5.41, 5.74) is 4.58. The predicted molar refractivity (Wildman–Crippen MR) is 132 cm³/mol. The molecule has 0 aromatic heterocycles. The number of hydrogen-bond acceptors (Lipinski definition) is 5. The van der Waals surface area contributed by atoms with Gasteiger partial charge in [-0.05, 0) is 59.4 Å². The van der Waals surface area contributed by atoms with E-state index in [1.807, 2.05) is 30.5 Å². The number of fused-ring (bicyclic) bond motifs is 3. The Morgan fingerprint density at radius 1 is 1.06 bits per heavy atom. The molecular weight excluding hydrogens is 452 g/mol. The first-order chi connectivity index (χ1) is 16.5. The molecule has 180 valence electrons. The van der Waals surface area contributed by atoms with E-state index in [0.29, 0.717) is 25.0 Å². The van der Waals surface area contributed by atoms with Gasteiger partial charge in [0.2, 0.25) is 5.91 Å². The Bertz CT molecular complexity index is 1010. The lowest BCUT2D eigenvalue weighted by Crippen LogP contribution is -2.53. The van der Waals surface area contributed by atoms with Gasteiger partial charge in [0.05, 0.1) is 0 Å². The molecule has 3 N–H and O–H groups in total. The number of nitrogens with one attached hydrogen (secondary N) is 2. The molecule has 2 aromatic rings. The quantitative estimate of drug-likeness (QED) is 0.473. The number of alkyl carbamates (subject to hydrolysis) is 1. The Balaban J connectivity index is 1.33. The fourth-order valence-corrected chi connectivity index (χ4v) is 5.33. The number of hydrogen-bond donors (Lipinski definition) is 3. The van der Waals surface area contributed by atoms with Crippen LogP contribution in [0.4, 0.5) is 4.79 Å². The van der Waals surface area contributed by atoms with Crippen molar-refractivity contribution < 1.29 is 24.2 Å². The van der Waals surface area contributed by atoms with Crippen LogP contribution in [0.3, 0.4) is 0 Å². The Morgan fingerprint density at radius 3 is 2.26 bits per heavy atom. The number of ether oxygens (including phenoxy) is 1. The lowest BCUT2D eigenvalue weighted by molar-refractivity contribution is -0.139. The van der Waals surface area contributed by atoms with Crippen molar-refractivity contribution in [2.24, 2.45) is 5.92 Å². The molecule has 0 heterocycles. The van der Waals surface area contributed by atoms with E-state index in [9.17, 15) is 14.4 Å². The van der Waals surface area contributed by atoms with Gasteiger partial charge in [-0.1, -0.05) is 48.5 Å². The van der Waals surface area contributed by atoms with Crippen molar-refractivity contribution in [2.75, 3.05) is 18.6 Å². The molecule has 2 amide bonds. The Morgan fingerprint density at radius 2 is 1.68 bits per heavy atom. The van der Waals surface area contributed by atoms with E-state index in [1.54, 1.807) is 11.8 Å². The van der Waals surface area contributed by atoms with Crippen molar-refractivity contribution in [3.63, 3.8) is 0 Å². The molecule has 2 aliphatic carbocycles. The fraction of sp³-hybridized carbons (Fsp3) is 0.423. The molecule has 0 saturated heterocycles. The van der Waals surface area contributed by atoms with Crippen molar-refractivity contribution in [3.05, 3.63) is 59.7 Å². The predicted octanol–water partition coefficient (Wildman–Crippen LogP) is 4.02. The van der Waals surface area contributed by atoms with Gasteiger partial charge in [0.25, 0.3) is 0 Å². The highest BCUT2D eigenvalue weighted by molar-refractivity contribution is 7.98. The average Bonchev–Trinajstić information content (AvgIpc) is 3.12. The van der Waals surface area contributed by atoms with Crippen molar-refractivity contribution >= 4 is 29.7 Å². The van der Waals surface area contributed by atoms with Crippen LogP contribution < -0.4 is 10.6 Å². The van der Waals surface area contributed by atoms with Gasteiger partial charge in [0, 0.05) is 18.4 Å². The normalized spacial score (nSPS) is 19.3. The zero-order valence-corrected chi connectivity index (χ0v) is 20.0. The second-order valence-electron chi connectivity index (χ2n) is 8.94. The molecule has 1 atom stereocenters. The van der Waals surface area contributed by atoms with E-state index in [2.05, 4.69) is 34.9 Å². The molecule has 0 unspecified atom stereocenters. The molecule has 0 bridgehead atoms. The fourth-order valence-electron chi connectivity index (χ4n) is 4.86. The number of carboxylic acids is 1. The summed E-state index contributed by atoms with van der Waals surface area (Å²) in [6, 6.07) is 15.5. The minimum atomic E-state index is -0.815. The molecule has 1 saturated carbocycles. The second-order valence-corrected chi connectivity index (χ2v) is 9.93. The number of thioether (sulfide) groups is 1. The van der Waals surface area contributed by atoms with Gasteiger partial charge in [-0.15, -0.1) is 0 Å². The molecule has 34 heavy (non-hydrogen) atoms. The molecular formula is C26H30N2O5S. The SMILES string of the molecule is CSCC[C@H](NC(=O)OCC1c2ccccc2-c2ccccc21)C(=O)NC1CC(CC(=O)O)C1. The summed E-state index contributed by atoms with van der Waals surface area (Å²) >= 11 is 1.60. The van der Waals surface area contributed by atoms with Gasteiger partial charge in [-0.3, -0.25) is 9.59 Å². The molecule has 8 heteroatoms. The number of carbonyl (C=O) groups is 3. The first-order valence-electron chi connectivity index (χ1n) is 11.6. The van der Waals surface area contributed by atoms with Crippen molar-refractivity contribution in [1.82, 2.24) is 10.6 Å².